The van der Waals surface area contributed by atoms with Crippen LogP contribution in [0.3, 0.4) is 0 Å². The van der Waals surface area contributed by atoms with Gasteiger partial charge in [-0.25, -0.2) is 4.98 Å². The van der Waals surface area contributed by atoms with Gasteiger partial charge in [-0.1, -0.05) is 23.8 Å². The number of hydrogen-bond acceptors (Lipinski definition) is 3. The zero-order valence-corrected chi connectivity index (χ0v) is 13.2. The third-order valence-corrected chi connectivity index (χ3v) is 4.02. The number of aromatic nitrogens is 3. The standard InChI is InChI=1S/C20H15N3O/c1-14-5-2-6-15(11-14)20(24)23-13-18(16-7-3-9-21-12-16)17-8-4-10-22-19(17)23/h2-13H,1H3. The summed E-state index contributed by atoms with van der Waals surface area (Å²) in [4.78, 5) is 21.6. The smallest absolute Gasteiger partial charge is 0.263 e. The fourth-order valence-electron chi connectivity index (χ4n) is 2.88. The molecule has 3 aromatic heterocycles. The van der Waals surface area contributed by atoms with E-state index in [1.54, 1.807) is 23.2 Å². The van der Waals surface area contributed by atoms with E-state index in [1.807, 2.05) is 61.7 Å². The molecule has 4 heteroatoms. The molecule has 0 N–H and O–H groups in total. The van der Waals surface area contributed by atoms with E-state index < -0.39 is 0 Å². The zero-order chi connectivity index (χ0) is 16.5. The SMILES string of the molecule is Cc1cccc(C(=O)n2cc(-c3cccnc3)c3cccnc32)c1. The molecule has 3 heterocycles. The average Bonchev–Trinajstić information content (AvgIpc) is 3.01. The Morgan fingerprint density at radius 3 is 2.71 bits per heavy atom. The molecule has 116 valence electrons. The van der Waals surface area contributed by atoms with Crippen LogP contribution in [0.5, 0.6) is 0 Å². The highest BCUT2D eigenvalue weighted by molar-refractivity contribution is 6.05. The summed E-state index contributed by atoms with van der Waals surface area (Å²) in [5.41, 5.74) is 4.27. The lowest BCUT2D eigenvalue weighted by Crippen LogP contribution is -2.11. The highest BCUT2D eigenvalue weighted by Crippen LogP contribution is 2.29. The first-order chi connectivity index (χ1) is 11.7. The molecular formula is C20H15N3O. The number of aryl methyl sites for hydroxylation is 1. The van der Waals surface area contributed by atoms with Gasteiger partial charge < -0.3 is 0 Å². The molecule has 0 bridgehead atoms. The number of benzene rings is 1. The second-order valence-corrected chi connectivity index (χ2v) is 5.70. The Balaban J connectivity index is 1.92. The summed E-state index contributed by atoms with van der Waals surface area (Å²) >= 11 is 0. The molecule has 0 radical (unpaired) electrons. The Labute approximate surface area is 139 Å². The second kappa shape index (κ2) is 5.74. The van der Waals surface area contributed by atoms with Gasteiger partial charge in [0.15, 0.2) is 0 Å². The largest absolute Gasteiger partial charge is 0.268 e. The van der Waals surface area contributed by atoms with Crippen LogP contribution in [-0.4, -0.2) is 20.4 Å². The normalized spacial score (nSPS) is 10.9. The van der Waals surface area contributed by atoms with Crippen molar-refractivity contribution in [2.24, 2.45) is 0 Å². The van der Waals surface area contributed by atoms with Crippen molar-refractivity contribution in [3.05, 3.63) is 84.4 Å². The summed E-state index contributed by atoms with van der Waals surface area (Å²) in [5.74, 6) is -0.0856. The Bertz CT molecular complexity index is 1040. The van der Waals surface area contributed by atoms with E-state index in [-0.39, 0.29) is 5.91 Å². The minimum atomic E-state index is -0.0856. The van der Waals surface area contributed by atoms with Crippen LogP contribution >= 0.6 is 0 Å². The molecule has 0 atom stereocenters. The molecule has 0 spiro atoms. The second-order valence-electron chi connectivity index (χ2n) is 5.70. The van der Waals surface area contributed by atoms with Gasteiger partial charge in [-0.05, 0) is 37.3 Å². The van der Waals surface area contributed by atoms with Crippen molar-refractivity contribution in [1.82, 2.24) is 14.5 Å². The number of pyridine rings is 2. The van der Waals surface area contributed by atoms with Crippen LogP contribution in [0.1, 0.15) is 15.9 Å². The molecule has 4 rings (SSSR count). The number of nitrogens with zero attached hydrogens (tertiary/aromatic N) is 3. The fourth-order valence-corrected chi connectivity index (χ4v) is 2.88. The van der Waals surface area contributed by atoms with Crippen LogP contribution in [0.15, 0.2) is 73.3 Å². The Morgan fingerprint density at radius 1 is 1.04 bits per heavy atom. The van der Waals surface area contributed by atoms with Gasteiger partial charge in [-0.2, -0.15) is 0 Å². The molecule has 0 unspecified atom stereocenters. The maximum Gasteiger partial charge on any atom is 0.263 e. The lowest BCUT2D eigenvalue weighted by molar-refractivity contribution is 0.0964. The maximum atomic E-state index is 13.0. The first kappa shape index (κ1) is 14.3. The molecule has 0 aliphatic carbocycles. The Morgan fingerprint density at radius 2 is 1.92 bits per heavy atom. The molecule has 1 aromatic carbocycles. The van der Waals surface area contributed by atoms with Crippen LogP contribution < -0.4 is 0 Å². The van der Waals surface area contributed by atoms with E-state index >= 15 is 0 Å². The maximum absolute atomic E-state index is 13.0. The van der Waals surface area contributed by atoms with Gasteiger partial charge in [0.1, 0.15) is 5.65 Å². The predicted molar refractivity (Wildman–Crippen MR) is 93.9 cm³/mol. The van der Waals surface area contributed by atoms with Gasteiger partial charge in [0.05, 0.1) is 0 Å². The molecule has 0 saturated carbocycles. The van der Waals surface area contributed by atoms with Gasteiger partial charge in [0.2, 0.25) is 0 Å². The van der Waals surface area contributed by atoms with E-state index in [0.717, 1.165) is 22.1 Å². The van der Waals surface area contributed by atoms with Gasteiger partial charge in [-0.15, -0.1) is 0 Å². The van der Waals surface area contributed by atoms with Gasteiger partial charge in [0, 0.05) is 46.9 Å². The highest BCUT2D eigenvalue weighted by atomic mass is 16.2. The van der Waals surface area contributed by atoms with E-state index in [9.17, 15) is 4.79 Å². The molecule has 4 nitrogen and oxygen atoms in total. The summed E-state index contributed by atoms with van der Waals surface area (Å²) in [7, 11) is 0. The molecular weight excluding hydrogens is 298 g/mol. The van der Waals surface area contributed by atoms with Gasteiger partial charge in [0.25, 0.3) is 5.91 Å². The summed E-state index contributed by atoms with van der Waals surface area (Å²) in [6, 6.07) is 15.3. The summed E-state index contributed by atoms with van der Waals surface area (Å²) in [6.07, 6.45) is 7.08. The number of carbonyl (C=O) groups is 1. The topological polar surface area (TPSA) is 47.8 Å². The van der Waals surface area contributed by atoms with Crippen molar-refractivity contribution in [3.63, 3.8) is 0 Å². The van der Waals surface area contributed by atoms with Crippen molar-refractivity contribution in [2.45, 2.75) is 6.92 Å². The number of carbonyl (C=O) groups excluding carboxylic acids is 1. The third-order valence-electron chi connectivity index (χ3n) is 4.02. The Kier molecular flexibility index (Phi) is 3.43. The van der Waals surface area contributed by atoms with Crippen LogP contribution in [0.4, 0.5) is 0 Å². The molecule has 4 aromatic rings. The molecule has 0 saturated heterocycles. The van der Waals surface area contributed by atoms with E-state index in [1.165, 1.54) is 0 Å². The minimum absolute atomic E-state index is 0.0856. The summed E-state index contributed by atoms with van der Waals surface area (Å²) < 4.78 is 1.62. The number of fused-ring (bicyclic) bond motifs is 1. The minimum Gasteiger partial charge on any atom is -0.268 e. The van der Waals surface area contributed by atoms with Crippen molar-refractivity contribution >= 4 is 16.9 Å². The third kappa shape index (κ3) is 2.38. The zero-order valence-electron chi connectivity index (χ0n) is 13.2. The molecule has 0 aliphatic heterocycles. The van der Waals surface area contributed by atoms with Crippen molar-refractivity contribution < 1.29 is 4.79 Å². The fraction of sp³-hybridized carbons (Fsp3) is 0.0500. The van der Waals surface area contributed by atoms with Crippen LogP contribution in [0.2, 0.25) is 0 Å². The quantitative estimate of drug-likeness (QED) is 0.560. The van der Waals surface area contributed by atoms with E-state index in [4.69, 9.17) is 0 Å². The summed E-state index contributed by atoms with van der Waals surface area (Å²) in [5, 5.41) is 0.937. The lowest BCUT2D eigenvalue weighted by Gasteiger charge is -2.04. The molecule has 24 heavy (non-hydrogen) atoms. The van der Waals surface area contributed by atoms with Gasteiger partial charge in [-0.3, -0.25) is 14.3 Å². The monoisotopic (exact) mass is 313 g/mol. The van der Waals surface area contributed by atoms with Crippen molar-refractivity contribution in [2.75, 3.05) is 0 Å². The first-order valence-corrected chi connectivity index (χ1v) is 7.72. The Hall–Kier alpha value is -3.27. The van der Waals surface area contributed by atoms with Crippen LogP contribution in [0, 0.1) is 6.92 Å². The first-order valence-electron chi connectivity index (χ1n) is 7.72. The average molecular weight is 313 g/mol. The summed E-state index contributed by atoms with van der Waals surface area (Å²) in [6.45, 7) is 1.98. The molecule has 0 aliphatic rings. The van der Waals surface area contributed by atoms with Crippen molar-refractivity contribution in [1.29, 1.82) is 0 Å². The van der Waals surface area contributed by atoms with Gasteiger partial charge >= 0.3 is 0 Å². The number of rotatable bonds is 2. The van der Waals surface area contributed by atoms with Crippen molar-refractivity contribution in [3.8, 4) is 11.1 Å². The van der Waals surface area contributed by atoms with E-state index in [0.29, 0.717) is 11.2 Å². The van der Waals surface area contributed by atoms with Crippen LogP contribution in [-0.2, 0) is 0 Å². The predicted octanol–water partition coefficient (Wildman–Crippen LogP) is 4.10. The van der Waals surface area contributed by atoms with Crippen LogP contribution in [0.25, 0.3) is 22.2 Å². The number of hydrogen-bond donors (Lipinski definition) is 0. The molecule has 0 fully saturated rings. The lowest BCUT2D eigenvalue weighted by atomic mass is 10.1. The highest BCUT2D eigenvalue weighted by Gasteiger charge is 2.17. The van der Waals surface area contributed by atoms with E-state index in [2.05, 4.69) is 9.97 Å². The molecule has 0 amide bonds.